The van der Waals surface area contributed by atoms with Gasteiger partial charge in [0.1, 0.15) is 5.82 Å². The third-order valence-electron chi connectivity index (χ3n) is 2.93. The summed E-state index contributed by atoms with van der Waals surface area (Å²) in [5.74, 6) is 0.368. The van der Waals surface area contributed by atoms with Crippen LogP contribution in [0.1, 0.15) is 28.7 Å². The second-order valence-corrected chi connectivity index (χ2v) is 4.20. The summed E-state index contributed by atoms with van der Waals surface area (Å²) in [5, 5.41) is 13.5. The Morgan fingerprint density at radius 3 is 2.75 bits per heavy atom. The van der Waals surface area contributed by atoms with Gasteiger partial charge in [-0.15, -0.1) is 10.2 Å². The number of anilines is 1. The lowest BCUT2D eigenvalue weighted by Crippen LogP contribution is -2.19. The van der Waals surface area contributed by atoms with Gasteiger partial charge in [-0.05, 0) is 30.2 Å². The Kier molecular flexibility index (Phi) is 4.60. The van der Waals surface area contributed by atoms with E-state index in [0.717, 1.165) is 12.1 Å². The summed E-state index contributed by atoms with van der Waals surface area (Å²) in [7, 11) is 1.56. The van der Waals surface area contributed by atoms with E-state index in [9.17, 15) is 4.79 Å². The molecular formula is C14H17N5O. The van der Waals surface area contributed by atoms with Gasteiger partial charge in [0.15, 0.2) is 5.69 Å². The van der Waals surface area contributed by atoms with E-state index in [0.29, 0.717) is 18.1 Å². The zero-order chi connectivity index (χ0) is 14.4. The van der Waals surface area contributed by atoms with Crippen molar-refractivity contribution in [3.8, 4) is 0 Å². The maximum atomic E-state index is 11.3. The molecular weight excluding hydrogens is 254 g/mol. The quantitative estimate of drug-likeness (QED) is 0.859. The number of aromatic nitrogens is 3. The van der Waals surface area contributed by atoms with Crippen molar-refractivity contribution in [3.63, 3.8) is 0 Å². The Balaban J connectivity index is 2.02. The number of rotatable bonds is 5. The first-order chi connectivity index (χ1) is 9.74. The minimum Gasteiger partial charge on any atom is -0.363 e. The van der Waals surface area contributed by atoms with Crippen LogP contribution in [0.15, 0.2) is 30.5 Å². The van der Waals surface area contributed by atoms with Gasteiger partial charge in [0.05, 0.1) is 12.2 Å². The second kappa shape index (κ2) is 6.60. The fraction of sp³-hybridized carbons (Fsp3) is 0.286. The highest BCUT2D eigenvalue weighted by atomic mass is 16.1. The van der Waals surface area contributed by atoms with Gasteiger partial charge in [-0.2, -0.15) is 0 Å². The van der Waals surface area contributed by atoms with Gasteiger partial charge in [0.25, 0.3) is 5.91 Å². The molecule has 0 aromatic carbocycles. The third-order valence-corrected chi connectivity index (χ3v) is 2.93. The normalized spacial score (nSPS) is 10.1. The number of nitrogens with one attached hydrogen (secondary N) is 2. The molecule has 2 aromatic rings. The number of carbonyl (C=O) groups is 1. The van der Waals surface area contributed by atoms with Crippen LogP contribution in [0.4, 0.5) is 5.82 Å². The molecule has 6 nitrogen and oxygen atoms in total. The maximum Gasteiger partial charge on any atom is 0.271 e. The number of carbonyl (C=O) groups excluding carboxylic acids is 1. The number of amides is 1. The van der Waals surface area contributed by atoms with Crippen molar-refractivity contribution in [1.29, 1.82) is 0 Å². The standard InChI is InChI=1S/C14H17N5O/c1-3-10-5-4-8-16-12(10)9-17-13-7-6-11(18-19-13)14(20)15-2/h4-8H,3,9H2,1-2H3,(H,15,20)(H,17,19). The highest BCUT2D eigenvalue weighted by molar-refractivity contribution is 5.91. The summed E-state index contributed by atoms with van der Waals surface area (Å²) >= 11 is 0. The molecule has 6 heteroatoms. The topological polar surface area (TPSA) is 79.8 Å². The van der Waals surface area contributed by atoms with Crippen LogP contribution in [-0.4, -0.2) is 28.1 Å². The minimum absolute atomic E-state index is 0.248. The van der Waals surface area contributed by atoms with E-state index < -0.39 is 0 Å². The van der Waals surface area contributed by atoms with Crippen LogP contribution in [0.5, 0.6) is 0 Å². The fourth-order valence-corrected chi connectivity index (χ4v) is 1.80. The molecule has 0 fully saturated rings. The Bertz CT molecular complexity index is 582. The van der Waals surface area contributed by atoms with Crippen LogP contribution >= 0.6 is 0 Å². The lowest BCUT2D eigenvalue weighted by atomic mass is 10.1. The van der Waals surface area contributed by atoms with Crippen molar-refractivity contribution in [3.05, 3.63) is 47.4 Å². The van der Waals surface area contributed by atoms with Crippen LogP contribution < -0.4 is 10.6 Å². The van der Waals surface area contributed by atoms with Crippen molar-refractivity contribution < 1.29 is 4.79 Å². The molecule has 2 rings (SSSR count). The van der Waals surface area contributed by atoms with Crippen molar-refractivity contribution in [2.45, 2.75) is 19.9 Å². The molecule has 0 saturated carbocycles. The van der Waals surface area contributed by atoms with Gasteiger partial charge in [0, 0.05) is 13.2 Å². The smallest absolute Gasteiger partial charge is 0.271 e. The van der Waals surface area contributed by atoms with Crippen LogP contribution in [0.3, 0.4) is 0 Å². The van der Waals surface area contributed by atoms with Crippen molar-refractivity contribution in [2.24, 2.45) is 0 Å². The van der Waals surface area contributed by atoms with Gasteiger partial charge in [-0.1, -0.05) is 13.0 Å². The first-order valence-corrected chi connectivity index (χ1v) is 6.47. The van der Waals surface area contributed by atoms with Gasteiger partial charge in [-0.25, -0.2) is 0 Å². The summed E-state index contributed by atoms with van der Waals surface area (Å²) < 4.78 is 0. The maximum absolute atomic E-state index is 11.3. The Morgan fingerprint density at radius 1 is 1.25 bits per heavy atom. The Morgan fingerprint density at radius 2 is 2.10 bits per heavy atom. The van der Waals surface area contributed by atoms with Crippen LogP contribution in [0.2, 0.25) is 0 Å². The molecule has 0 atom stereocenters. The van der Waals surface area contributed by atoms with E-state index in [1.165, 1.54) is 5.56 Å². The highest BCUT2D eigenvalue weighted by Gasteiger charge is 2.06. The predicted octanol–water partition coefficient (Wildman–Crippen LogP) is 1.41. The Labute approximate surface area is 117 Å². The predicted molar refractivity (Wildman–Crippen MR) is 76.4 cm³/mol. The molecule has 0 aliphatic rings. The van der Waals surface area contributed by atoms with Gasteiger partial charge in [0.2, 0.25) is 0 Å². The van der Waals surface area contributed by atoms with E-state index in [1.54, 1.807) is 25.4 Å². The molecule has 20 heavy (non-hydrogen) atoms. The molecule has 0 aliphatic carbocycles. The number of hydrogen-bond acceptors (Lipinski definition) is 5. The van der Waals surface area contributed by atoms with Gasteiger partial charge < -0.3 is 10.6 Å². The number of hydrogen-bond donors (Lipinski definition) is 2. The average molecular weight is 271 g/mol. The Hall–Kier alpha value is -2.50. The molecule has 0 radical (unpaired) electrons. The average Bonchev–Trinajstić information content (AvgIpc) is 2.53. The fourth-order valence-electron chi connectivity index (χ4n) is 1.80. The molecule has 0 spiro atoms. The summed E-state index contributed by atoms with van der Waals surface area (Å²) in [4.78, 5) is 15.7. The molecule has 0 unspecified atom stereocenters. The zero-order valence-electron chi connectivity index (χ0n) is 11.6. The van der Waals surface area contributed by atoms with Gasteiger partial charge in [-0.3, -0.25) is 9.78 Å². The summed E-state index contributed by atoms with van der Waals surface area (Å²) in [6, 6.07) is 7.35. The summed E-state index contributed by atoms with van der Waals surface area (Å²) in [6.07, 6.45) is 2.71. The van der Waals surface area contributed by atoms with E-state index in [2.05, 4.69) is 38.8 Å². The van der Waals surface area contributed by atoms with Gasteiger partial charge >= 0.3 is 0 Å². The number of pyridine rings is 1. The van der Waals surface area contributed by atoms with E-state index in [1.807, 2.05) is 6.07 Å². The van der Waals surface area contributed by atoms with Crippen molar-refractivity contribution in [1.82, 2.24) is 20.5 Å². The molecule has 104 valence electrons. The summed E-state index contributed by atoms with van der Waals surface area (Å²) in [5.41, 5.74) is 2.49. The number of aryl methyl sites for hydroxylation is 1. The van der Waals surface area contributed by atoms with Crippen molar-refractivity contribution in [2.75, 3.05) is 12.4 Å². The van der Waals surface area contributed by atoms with E-state index in [-0.39, 0.29) is 5.91 Å². The third kappa shape index (κ3) is 3.28. The molecule has 2 heterocycles. The van der Waals surface area contributed by atoms with E-state index >= 15 is 0 Å². The summed E-state index contributed by atoms with van der Waals surface area (Å²) in [6.45, 7) is 2.68. The molecule has 2 N–H and O–H groups in total. The van der Waals surface area contributed by atoms with Crippen LogP contribution in [0, 0.1) is 0 Å². The minimum atomic E-state index is -0.248. The lowest BCUT2D eigenvalue weighted by Gasteiger charge is -2.08. The first kappa shape index (κ1) is 13.9. The molecule has 1 amide bonds. The monoisotopic (exact) mass is 271 g/mol. The molecule has 0 saturated heterocycles. The first-order valence-electron chi connectivity index (χ1n) is 6.47. The zero-order valence-corrected chi connectivity index (χ0v) is 11.6. The second-order valence-electron chi connectivity index (χ2n) is 4.20. The van der Waals surface area contributed by atoms with E-state index in [4.69, 9.17) is 0 Å². The van der Waals surface area contributed by atoms with Crippen LogP contribution in [-0.2, 0) is 13.0 Å². The SMILES string of the molecule is CCc1cccnc1CNc1ccc(C(=O)NC)nn1. The number of nitrogens with zero attached hydrogens (tertiary/aromatic N) is 3. The lowest BCUT2D eigenvalue weighted by molar-refractivity contribution is 0.0957. The van der Waals surface area contributed by atoms with Crippen molar-refractivity contribution >= 4 is 11.7 Å². The molecule has 0 bridgehead atoms. The molecule has 0 aliphatic heterocycles. The molecule has 2 aromatic heterocycles. The van der Waals surface area contributed by atoms with Crippen LogP contribution in [0.25, 0.3) is 0 Å². The highest BCUT2D eigenvalue weighted by Crippen LogP contribution is 2.09. The largest absolute Gasteiger partial charge is 0.363 e.